The number of nitrogens with zero attached hydrogens (tertiary/aromatic N) is 3. The number of carboxylic acids is 1. The number of fused-ring (bicyclic) bond motifs is 2. The minimum Gasteiger partial charge on any atom is -0.475 e. The first-order valence-corrected chi connectivity index (χ1v) is 12.6. The molecule has 4 atom stereocenters. The van der Waals surface area contributed by atoms with Crippen LogP contribution in [0.25, 0.3) is 0 Å². The van der Waals surface area contributed by atoms with Crippen LogP contribution in [0.1, 0.15) is 32.1 Å². The molecule has 14 nitrogen and oxygen atoms in total. The second kappa shape index (κ2) is 11.4. The molecule has 2 bridgehead atoms. The van der Waals surface area contributed by atoms with Crippen LogP contribution in [0, 0.1) is 0 Å². The predicted molar refractivity (Wildman–Crippen MR) is 112 cm³/mol. The summed E-state index contributed by atoms with van der Waals surface area (Å²) in [6, 6.07) is -1.41. The standard InChI is InChI=1S/C16H27N5O7S.C2HF3O2/c22-15(18-27-10-11-7-13(8-17-11)19-5-1-2-6-19)14-4-3-12-9-20(14)16(23)21(12)28-29(24,25)26;3-2(4,5)1(6)7/h11-14,17H,1-10H2,(H,18,22)(H,24,25,26);(H,6,7)/t11-,12+,13+,14-;/m0./s1. The molecule has 4 saturated heterocycles. The van der Waals surface area contributed by atoms with Gasteiger partial charge in [0.15, 0.2) is 0 Å². The van der Waals surface area contributed by atoms with E-state index in [9.17, 15) is 31.2 Å². The Labute approximate surface area is 204 Å². The van der Waals surface area contributed by atoms with Gasteiger partial charge >= 0.3 is 28.6 Å². The lowest BCUT2D eigenvalue weighted by Crippen LogP contribution is -2.50. The Kier molecular flexibility index (Phi) is 8.99. The van der Waals surface area contributed by atoms with Crippen LogP contribution in [0.15, 0.2) is 0 Å². The second-order valence-electron chi connectivity index (χ2n) is 8.83. The quantitative estimate of drug-likeness (QED) is 0.239. The van der Waals surface area contributed by atoms with E-state index in [1.54, 1.807) is 0 Å². The van der Waals surface area contributed by atoms with Gasteiger partial charge in [0.25, 0.3) is 5.91 Å². The van der Waals surface area contributed by atoms with Crippen LogP contribution in [0.2, 0.25) is 0 Å². The molecule has 0 aromatic rings. The molecular weight excluding hydrogens is 519 g/mol. The fourth-order valence-electron chi connectivity index (χ4n) is 4.70. The lowest BCUT2D eigenvalue weighted by atomic mass is 10.0. The molecule has 0 aromatic carbocycles. The summed E-state index contributed by atoms with van der Waals surface area (Å²) < 4.78 is 66.8. The third-order valence-electron chi connectivity index (χ3n) is 6.36. The summed E-state index contributed by atoms with van der Waals surface area (Å²) in [5.74, 6) is -3.22. The van der Waals surface area contributed by atoms with Gasteiger partial charge < -0.3 is 15.3 Å². The Balaban J connectivity index is 0.000000454. The molecule has 4 aliphatic heterocycles. The second-order valence-corrected chi connectivity index (χ2v) is 9.83. The molecule has 4 N–H and O–H groups in total. The molecule has 0 aromatic heterocycles. The molecule has 206 valence electrons. The highest BCUT2D eigenvalue weighted by molar-refractivity contribution is 7.80. The van der Waals surface area contributed by atoms with Crippen molar-refractivity contribution in [3.05, 3.63) is 0 Å². The molecule has 4 fully saturated rings. The van der Waals surface area contributed by atoms with E-state index in [0.29, 0.717) is 30.6 Å². The van der Waals surface area contributed by atoms with Gasteiger partial charge in [0.2, 0.25) is 0 Å². The fourth-order valence-corrected chi connectivity index (χ4v) is 5.08. The Morgan fingerprint density at radius 1 is 1.17 bits per heavy atom. The maximum Gasteiger partial charge on any atom is 0.490 e. The molecule has 4 rings (SSSR count). The minimum atomic E-state index is -5.08. The van der Waals surface area contributed by atoms with E-state index < -0.39 is 46.6 Å². The zero-order valence-corrected chi connectivity index (χ0v) is 19.8. The lowest BCUT2D eigenvalue weighted by molar-refractivity contribution is -0.192. The van der Waals surface area contributed by atoms with E-state index in [2.05, 4.69) is 20.0 Å². The van der Waals surface area contributed by atoms with Gasteiger partial charge in [0, 0.05) is 25.2 Å². The lowest BCUT2D eigenvalue weighted by Gasteiger charge is -2.29. The SMILES string of the molecule is O=C(NOC[C@@H]1C[C@@H](N2CCCC2)CN1)[C@@H]1CC[C@@H]2CN1C(=O)N2OS(=O)(=O)O.O=C(O)C(F)(F)F. The molecule has 18 heteroatoms. The average molecular weight is 548 g/mol. The third kappa shape index (κ3) is 7.39. The van der Waals surface area contributed by atoms with Crippen molar-refractivity contribution in [2.24, 2.45) is 0 Å². The molecule has 0 spiro atoms. The zero-order valence-electron chi connectivity index (χ0n) is 19.0. The molecule has 36 heavy (non-hydrogen) atoms. The number of nitrogens with one attached hydrogen (secondary N) is 2. The van der Waals surface area contributed by atoms with Gasteiger partial charge in [-0.05, 0) is 45.2 Å². The first kappa shape index (κ1) is 28.3. The Hall–Kier alpha value is -2.25. The van der Waals surface area contributed by atoms with E-state index in [0.717, 1.165) is 26.1 Å². The van der Waals surface area contributed by atoms with Crippen molar-refractivity contribution in [1.29, 1.82) is 0 Å². The molecular formula is C18H28F3N5O9S. The molecule has 0 unspecified atom stereocenters. The summed E-state index contributed by atoms with van der Waals surface area (Å²) in [4.78, 5) is 42.8. The van der Waals surface area contributed by atoms with Crippen LogP contribution >= 0.6 is 0 Å². The summed E-state index contributed by atoms with van der Waals surface area (Å²) in [5, 5.41) is 11.2. The number of urea groups is 1. The minimum absolute atomic E-state index is 0.147. The van der Waals surface area contributed by atoms with E-state index in [1.165, 1.54) is 17.7 Å². The molecule has 0 radical (unpaired) electrons. The Morgan fingerprint density at radius 2 is 1.81 bits per heavy atom. The number of halogens is 3. The monoisotopic (exact) mass is 547 g/mol. The largest absolute Gasteiger partial charge is 0.490 e. The number of rotatable bonds is 7. The highest BCUT2D eigenvalue weighted by Crippen LogP contribution is 2.30. The van der Waals surface area contributed by atoms with Crippen LogP contribution < -0.4 is 10.8 Å². The first-order valence-electron chi connectivity index (χ1n) is 11.2. The summed E-state index contributed by atoms with van der Waals surface area (Å²) in [6.45, 7) is 3.67. The summed E-state index contributed by atoms with van der Waals surface area (Å²) >= 11 is 0. The van der Waals surface area contributed by atoms with Crippen LogP contribution in [0.3, 0.4) is 0 Å². The first-order chi connectivity index (χ1) is 16.8. The average Bonchev–Trinajstić information content (AvgIpc) is 3.51. The van der Waals surface area contributed by atoms with Gasteiger partial charge in [-0.2, -0.15) is 26.7 Å². The fraction of sp³-hybridized carbons (Fsp3) is 0.833. The number of carboxylic acid groups (broad SMARTS) is 1. The number of hydroxylamine groups is 3. The van der Waals surface area contributed by atoms with E-state index in [1.807, 2.05) is 0 Å². The van der Waals surface area contributed by atoms with Gasteiger partial charge in [0.05, 0.1) is 12.6 Å². The molecule has 0 aliphatic carbocycles. The van der Waals surface area contributed by atoms with Crippen molar-refractivity contribution < 1.29 is 54.8 Å². The van der Waals surface area contributed by atoms with Crippen molar-refractivity contribution >= 4 is 28.3 Å². The van der Waals surface area contributed by atoms with Crippen molar-refractivity contribution in [2.45, 2.75) is 62.4 Å². The maximum absolute atomic E-state index is 12.5. The van der Waals surface area contributed by atoms with Crippen molar-refractivity contribution in [3.8, 4) is 0 Å². The number of piperidine rings is 1. The van der Waals surface area contributed by atoms with E-state index >= 15 is 0 Å². The van der Waals surface area contributed by atoms with Gasteiger partial charge in [-0.1, -0.05) is 0 Å². The summed E-state index contributed by atoms with van der Waals surface area (Å²) in [6.07, 6.45) is -0.906. The number of hydrogen-bond donors (Lipinski definition) is 4. The smallest absolute Gasteiger partial charge is 0.475 e. The van der Waals surface area contributed by atoms with Gasteiger partial charge in [-0.15, -0.1) is 4.28 Å². The topological polar surface area (TPSA) is 178 Å². The number of amides is 3. The van der Waals surface area contributed by atoms with Crippen LogP contribution in [-0.4, -0.2) is 114 Å². The third-order valence-corrected chi connectivity index (χ3v) is 6.70. The van der Waals surface area contributed by atoms with Gasteiger partial charge in [0.1, 0.15) is 6.04 Å². The summed E-state index contributed by atoms with van der Waals surface area (Å²) in [5.41, 5.74) is 2.42. The maximum atomic E-state index is 12.5. The molecule has 3 amide bonds. The molecule has 4 heterocycles. The Morgan fingerprint density at radius 3 is 2.39 bits per heavy atom. The number of likely N-dealkylation sites (tertiary alicyclic amines) is 1. The number of carbonyl (C=O) groups excluding carboxylic acids is 2. The normalized spacial score (nSPS) is 28.7. The Bertz CT molecular complexity index is 932. The number of carbonyl (C=O) groups is 3. The van der Waals surface area contributed by atoms with Crippen molar-refractivity contribution in [3.63, 3.8) is 0 Å². The van der Waals surface area contributed by atoms with Gasteiger partial charge in [-0.3, -0.25) is 19.1 Å². The number of hydrogen-bond acceptors (Lipinski definition) is 9. The van der Waals surface area contributed by atoms with Crippen molar-refractivity contribution in [2.75, 3.05) is 32.8 Å². The van der Waals surface area contributed by atoms with Crippen LogP contribution in [0.4, 0.5) is 18.0 Å². The van der Waals surface area contributed by atoms with E-state index in [-0.39, 0.29) is 12.6 Å². The van der Waals surface area contributed by atoms with Gasteiger partial charge in [-0.25, -0.2) is 15.1 Å². The zero-order chi connectivity index (χ0) is 26.7. The van der Waals surface area contributed by atoms with E-state index in [4.69, 9.17) is 19.3 Å². The van der Waals surface area contributed by atoms with Crippen LogP contribution in [-0.2, 0) is 29.1 Å². The molecule has 4 aliphatic rings. The predicted octanol–water partition coefficient (Wildman–Crippen LogP) is -0.503. The number of aliphatic carboxylic acids is 1. The number of alkyl halides is 3. The highest BCUT2D eigenvalue weighted by atomic mass is 32.3. The molecule has 0 saturated carbocycles. The van der Waals surface area contributed by atoms with Crippen molar-refractivity contribution in [1.82, 2.24) is 25.7 Å². The summed E-state index contributed by atoms with van der Waals surface area (Å²) in [7, 11) is -4.81. The van der Waals surface area contributed by atoms with Crippen LogP contribution in [0.5, 0.6) is 0 Å². The highest BCUT2D eigenvalue weighted by Gasteiger charge is 2.49.